The molecule has 3 aromatic heterocycles. The predicted molar refractivity (Wildman–Crippen MR) is 79.5 cm³/mol. The van der Waals surface area contributed by atoms with Gasteiger partial charge >= 0.3 is 0 Å². The molecule has 0 aromatic carbocycles. The molecule has 0 amide bonds. The number of fused-ring (bicyclic) bond motifs is 1. The molecule has 3 heterocycles. The zero-order valence-electron chi connectivity index (χ0n) is 11.1. The summed E-state index contributed by atoms with van der Waals surface area (Å²) in [7, 11) is 0. The lowest BCUT2D eigenvalue weighted by atomic mass is 10.2. The van der Waals surface area contributed by atoms with Crippen molar-refractivity contribution < 1.29 is 0 Å². The van der Waals surface area contributed by atoms with Crippen molar-refractivity contribution in [3.8, 4) is 0 Å². The van der Waals surface area contributed by atoms with E-state index in [0.717, 1.165) is 29.7 Å². The Balaban J connectivity index is 2.08. The standard InChI is InChI=1S/C14H16N4S/c1-3-10-4-5-19-12(10)8-18-13-11(17-14(18)15)6-9(2)7-16-13/h4-7H,3,8H2,1-2H3,(H2,15,17). The normalized spacial score (nSPS) is 11.3. The molecule has 4 nitrogen and oxygen atoms in total. The molecule has 0 fully saturated rings. The van der Waals surface area contributed by atoms with Crippen LogP contribution in [0.3, 0.4) is 0 Å². The SMILES string of the molecule is CCc1ccsc1Cn1c(N)nc2cc(C)cnc21. The molecule has 0 saturated carbocycles. The summed E-state index contributed by atoms with van der Waals surface area (Å²) in [6.07, 6.45) is 2.90. The summed E-state index contributed by atoms with van der Waals surface area (Å²) >= 11 is 1.76. The van der Waals surface area contributed by atoms with E-state index in [9.17, 15) is 0 Å². The topological polar surface area (TPSA) is 56.7 Å². The Bertz CT molecular complexity index is 726. The summed E-state index contributed by atoms with van der Waals surface area (Å²) in [5, 5.41) is 2.13. The Morgan fingerprint density at radius 2 is 2.26 bits per heavy atom. The highest BCUT2D eigenvalue weighted by Gasteiger charge is 2.12. The van der Waals surface area contributed by atoms with Crippen LogP contribution in [0.5, 0.6) is 0 Å². The third kappa shape index (κ3) is 2.10. The number of aryl methyl sites for hydroxylation is 2. The quantitative estimate of drug-likeness (QED) is 0.797. The van der Waals surface area contributed by atoms with Gasteiger partial charge in [0.05, 0.1) is 6.54 Å². The molecule has 0 radical (unpaired) electrons. The number of rotatable bonds is 3. The second-order valence-corrected chi connectivity index (χ2v) is 5.63. The monoisotopic (exact) mass is 272 g/mol. The van der Waals surface area contributed by atoms with Gasteiger partial charge in [-0.15, -0.1) is 11.3 Å². The summed E-state index contributed by atoms with van der Waals surface area (Å²) in [4.78, 5) is 10.2. The molecule has 3 aromatic rings. The van der Waals surface area contributed by atoms with Gasteiger partial charge in [-0.25, -0.2) is 9.97 Å². The fourth-order valence-corrected chi connectivity index (χ4v) is 3.21. The summed E-state index contributed by atoms with van der Waals surface area (Å²) < 4.78 is 1.99. The molecule has 2 N–H and O–H groups in total. The van der Waals surface area contributed by atoms with Gasteiger partial charge in [0, 0.05) is 11.1 Å². The lowest BCUT2D eigenvalue weighted by Crippen LogP contribution is -2.05. The summed E-state index contributed by atoms with van der Waals surface area (Å²) in [5.41, 5.74) is 10.2. The van der Waals surface area contributed by atoms with Crippen LogP contribution in [0.15, 0.2) is 23.7 Å². The van der Waals surface area contributed by atoms with Crippen LogP contribution in [0.25, 0.3) is 11.2 Å². The zero-order chi connectivity index (χ0) is 13.4. The molecule has 0 aliphatic rings. The number of pyridine rings is 1. The maximum absolute atomic E-state index is 6.03. The van der Waals surface area contributed by atoms with Crippen molar-refractivity contribution in [1.82, 2.24) is 14.5 Å². The van der Waals surface area contributed by atoms with Gasteiger partial charge in [-0.3, -0.25) is 4.57 Å². The number of imidazole rings is 1. The van der Waals surface area contributed by atoms with Gasteiger partial charge in [0.2, 0.25) is 5.95 Å². The van der Waals surface area contributed by atoms with Crippen LogP contribution in [0, 0.1) is 6.92 Å². The van der Waals surface area contributed by atoms with Gasteiger partial charge in [-0.05, 0) is 42.0 Å². The van der Waals surface area contributed by atoms with E-state index >= 15 is 0 Å². The lowest BCUT2D eigenvalue weighted by molar-refractivity contribution is 0.830. The van der Waals surface area contributed by atoms with Crippen LogP contribution in [0.4, 0.5) is 5.95 Å². The van der Waals surface area contributed by atoms with Gasteiger partial charge in [0.15, 0.2) is 5.65 Å². The summed E-state index contributed by atoms with van der Waals surface area (Å²) in [5.74, 6) is 0.531. The molecule has 0 bridgehead atoms. The average Bonchev–Trinajstić information content (AvgIpc) is 2.95. The zero-order valence-corrected chi connectivity index (χ0v) is 11.9. The number of anilines is 1. The van der Waals surface area contributed by atoms with Gasteiger partial charge in [-0.2, -0.15) is 0 Å². The third-order valence-electron chi connectivity index (χ3n) is 3.27. The van der Waals surface area contributed by atoms with Crippen molar-refractivity contribution in [2.24, 2.45) is 0 Å². The molecular formula is C14H16N4S. The van der Waals surface area contributed by atoms with Crippen molar-refractivity contribution >= 4 is 28.4 Å². The van der Waals surface area contributed by atoms with Gasteiger partial charge in [-0.1, -0.05) is 6.92 Å². The Morgan fingerprint density at radius 1 is 1.42 bits per heavy atom. The van der Waals surface area contributed by atoms with E-state index in [4.69, 9.17) is 5.73 Å². The predicted octanol–water partition coefficient (Wildman–Crippen LogP) is 2.99. The summed E-state index contributed by atoms with van der Waals surface area (Å²) in [6.45, 7) is 4.93. The highest BCUT2D eigenvalue weighted by molar-refractivity contribution is 7.10. The van der Waals surface area contributed by atoms with E-state index in [1.54, 1.807) is 11.3 Å². The fraction of sp³-hybridized carbons (Fsp3) is 0.286. The molecule has 98 valence electrons. The minimum Gasteiger partial charge on any atom is -0.369 e. The number of nitrogen functional groups attached to an aromatic ring is 1. The summed E-state index contributed by atoms with van der Waals surface area (Å²) in [6, 6.07) is 4.19. The molecule has 0 atom stereocenters. The fourth-order valence-electron chi connectivity index (χ4n) is 2.25. The van der Waals surface area contributed by atoms with E-state index in [1.807, 2.05) is 23.8 Å². The highest BCUT2D eigenvalue weighted by Crippen LogP contribution is 2.23. The molecule has 0 aliphatic heterocycles. The first kappa shape index (κ1) is 12.2. The number of hydrogen-bond donors (Lipinski definition) is 1. The van der Waals surface area contributed by atoms with E-state index < -0.39 is 0 Å². The molecular weight excluding hydrogens is 256 g/mol. The van der Waals surface area contributed by atoms with E-state index in [-0.39, 0.29) is 0 Å². The second kappa shape index (κ2) is 4.66. The maximum atomic E-state index is 6.03. The Kier molecular flexibility index (Phi) is 2.98. The van der Waals surface area contributed by atoms with Crippen LogP contribution < -0.4 is 5.73 Å². The molecule has 0 unspecified atom stereocenters. The Morgan fingerprint density at radius 3 is 3.05 bits per heavy atom. The number of aromatic nitrogens is 3. The second-order valence-electron chi connectivity index (χ2n) is 4.63. The van der Waals surface area contributed by atoms with E-state index in [1.165, 1.54) is 10.4 Å². The third-order valence-corrected chi connectivity index (χ3v) is 4.22. The van der Waals surface area contributed by atoms with Crippen LogP contribution in [-0.2, 0) is 13.0 Å². The van der Waals surface area contributed by atoms with Crippen LogP contribution in [0.2, 0.25) is 0 Å². The molecule has 0 saturated heterocycles. The van der Waals surface area contributed by atoms with Crippen LogP contribution in [-0.4, -0.2) is 14.5 Å². The number of nitrogens with zero attached hydrogens (tertiary/aromatic N) is 3. The first-order valence-corrected chi connectivity index (χ1v) is 7.20. The molecule has 0 spiro atoms. The van der Waals surface area contributed by atoms with Crippen LogP contribution in [0.1, 0.15) is 22.9 Å². The number of thiophene rings is 1. The molecule has 19 heavy (non-hydrogen) atoms. The number of hydrogen-bond acceptors (Lipinski definition) is 4. The van der Waals surface area contributed by atoms with Crippen molar-refractivity contribution in [3.63, 3.8) is 0 Å². The van der Waals surface area contributed by atoms with Gasteiger partial charge in [0.25, 0.3) is 0 Å². The van der Waals surface area contributed by atoms with E-state index in [0.29, 0.717) is 5.95 Å². The van der Waals surface area contributed by atoms with Gasteiger partial charge in [0.1, 0.15) is 5.52 Å². The smallest absolute Gasteiger partial charge is 0.202 e. The van der Waals surface area contributed by atoms with Crippen molar-refractivity contribution in [1.29, 1.82) is 0 Å². The largest absolute Gasteiger partial charge is 0.369 e. The molecule has 3 rings (SSSR count). The van der Waals surface area contributed by atoms with Crippen LogP contribution >= 0.6 is 11.3 Å². The Labute approximate surface area is 115 Å². The average molecular weight is 272 g/mol. The molecule has 5 heteroatoms. The van der Waals surface area contributed by atoms with Gasteiger partial charge < -0.3 is 5.73 Å². The van der Waals surface area contributed by atoms with Crippen molar-refractivity contribution in [2.75, 3.05) is 5.73 Å². The first-order chi connectivity index (χ1) is 9.19. The Hall–Kier alpha value is -1.88. The minimum atomic E-state index is 0.531. The lowest BCUT2D eigenvalue weighted by Gasteiger charge is -2.06. The highest BCUT2D eigenvalue weighted by atomic mass is 32.1. The van der Waals surface area contributed by atoms with Crippen molar-refractivity contribution in [3.05, 3.63) is 39.7 Å². The van der Waals surface area contributed by atoms with Crippen molar-refractivity contribution in [2.45, 2.75) is 26.8 Å². The minimum absolute atomic E-state index is 0.531. The maximum Gasteiger partial charge on any atom is 0.202 e. The van der Waals surface area contributed by atoms with E-state index in [2.05, 4.69) is 28.3 Å². The first-order valence-electron chi connectivity index (χ1n) is 6.32. The molecule has 0 aliphatic carbocycles. The number of nitrogens with two attached hydrogens (primary N) is 1.